The minimum Gasteiger partial charge on any atom is -0.490 e. The minimum absolute atomic E-state index is 0.102. The van der Waals surface area contributed by atoms with Gasteiger partial charge >= 0.3 is 0 Å². The Morgan fingerprint density at radius 1 is 1.04 bits per heavy atom. The largest absolute Gasteiger partial charge is 0.490 e. The second-order valence-electron chi connectivity index (χ2n) is 6.09. The average Bonchev–Trinajstić information content (AvgIpc) is 3.13. The highest BCUT2D eigenvalue weighted by Gasteiger charge is 2.17. The Morgan fingerprint density at radius 3 is 2.54 bits per heavy atom. The smallest absolute Gasteiger partial charge is 0.244 e. The Balaban J connectivity index is 1.56. The second-order valence-corrected chi connectivity index (χ2v) is 6.09. The maximum Gasteiger partial charge on any atom is 0.244 e. The van der Waals surface area contributed by atoms with Gasteiger partial charge in [0.25, 0.3) is 0 Å². The predicted molar refractivity (Wildman–Crippen MR) is 96.6 cm³/mol. The molecule has 2 aromatic rings. The summed E-state index contributed by atoms with van der Waals surface area (Å²) in [5.74, 6) is 0.784. The maximum absolute atomic E-state index is 12.0. The third-order valence-corrected chi connectivity index (χ3v) is 4.25. The molecule has 1 saturated carbocycles. The van der Waals surface area contributed by atoms with Gasteiger partial charge in [0.1, 0.15) is 5.75 Å². The Kier molecular flexibility index (Phi) is 5.67. The zero-order valence-corrected chi connectivity index (χ0v) is 13.8. The first-order valence-corrected chi connectivity index (χ1v) is 8.57. The molecule has 3 heteroatoms. The number of hydrogen-bond donors (Lipinski definition) is 1. The van der Waals surface area contributed by atoms with Gasteiger partial charge in [-0.2, -0.15) is 0 Å². The summed E-state index contributed by atoms with van der Waals surface area (Å²) < 4.78 is 6.10. The summed E-state index contributed by atoms with van der Waals surface area (Å²) in [6.45, 7) is 0.473. The van der Waals surface area contributed by atoms with Crippen molar-refractivity contribution in [3.05, 3.63) is 71.8 Å². The molecule has 0 heterocycles. The van der Waals surface area contributed by atoms with E-state index in [-0.39, 0.29) is 5.91 Å². The first kappa shape index (κ1) is 16.3. The molecule has 3 rings (SSSR count). The molecule has 1 amide bonds. The summed E-state index contributed by atoms with van der Waals surface area (Å²) in [4.78, 5) is 12.0. The lowest BCUT2D eigenvalue weighted by Crippen LogP contribution is -2.21. The quantitative estimate of drug-likeness (QED) is 0.804. The SMILES string of the molecule is O=C(C=Cc1ccccc1)NCc1ccccc1OC1CCCC1. The number of hydrogen-bond acceptors (Lipinski definition) is 2. The number of nitrogens with one attached hydrogen (secondary N) is 1. The van der Waals surface area contributed by atoms with Crippen molar-refractivity contribution in [3.8, 4) is 5.75 Å². The van der Waals surface area contributed by atoms with Crippen molar-refractivity contribution in [2.45, 2.75) is 38.3 Å². The van der Waals surface area contributed by atoms with Crippen molar-refractivity contribution in [2.24, 2.45) is 0 Å². The van der Waals surface area contributed by atoms with Crippen molar-refractivity contribution in [1.29, 1.82) is 0 Å². The van der Waals surface area contributed by atoms with Crippen LogP contribution in [0.15, 0.2) is 60.7 Å². The van der Waals surface area contributed by atoms with Crippen LogP contribution in [0, 0.1) is 0 Å². The summed E-state index contributed by atoms with van der Waals surface area (Å²) in [6, 6.07) is 17.7. The maximum atomic E-state index is 12.0. The van der Waals surface area contributed by atoms with E-state index in [1.807, 2.05) is 60.7 Å². The van der Waals surface area contributed by atoms with Crippen LogP contribution in [0.3, 0.4) is 0 Å². The van der Waals surface area contributed by atoms with Crippen LogP contribution in [0.25, 0.3) is 6.08 Å². The average molecular weight is 321 g/mol. The zero-order chi connectivity index (χ0) is 16.6. The third-order valence-electron chi connectivity index (χ3n) is 4.25. The predicted octanol–water partition coefficient (Wildman–Crippen LogP) is 4.34. The van der Waals surface area contributed by atoms with Gasteiger partial charge in [0, 0.05) is 18.2 Å². The van der Waals surface area contributed by atoms with Crippen LogP contribution >= 0.6 is 0 Å². The van der Waals surface area contributed by atoms with Crippen LogP contribution in [0.2, 0.25) is 0 Å². The molecule has 1 N–H and O–H groups in total. The van der Waals surface area contributed by atoms with Gasteiger partial charge in [0.2, 0.25) is 5.91 Å². The van der Waals surface area contributed by atoms with Crippen LogP contribution in [0.5, 0.6) is 5.75 Å². The molecule has 0 aromatic heterocycles. The van der Waals surface area contributed by atoms with E-state index in [0.717, 1.165) is 29.7 Å². The van der Waals surface area contributed by atoms with E-state index in [0.29, 0.717) is 12.6 Å². The highest BCUT2D eigenvalue weighted by Crippen LogP contribution is 2.26. The van der Waals surface area contributed by atoms with Crippen LogP contribution in [-0.4, -0.2) is 12.0 Å². The van der Waals surface area contributed by atoms with E-state index < -0.39 is 0 Å². The van der Waals surface area contributed by atoms with Gasteiger partial charge in [-0.1, -0.05) is 48.5 Å². The Morgan fingerprint density at radius 2 is 1.75 bits per heavy atom. The summed E-state index contributed by atoms with van der Waals surface area (Å²) in [6.07, 6.45) is 8.44. The van der Waals surface area contributed by atoms with Crippen molar-refractivity contribution in [2.75, 3.05) is 0 Å². The van der Waals surface area contributed by atoms with Gasteiger partial charge < -0.3 is 10.1 Å². The van der Waals surface area contributed by atoms with Crippen LogP contribution in [-0.2, 0) is 11.3 Å². The van der Waals surface area contributed by atoms with Gasteiger partial charge in [-0.25, -0.2) is 0 Å². The van der Waals surface area contributed by atoms with Crippen LogP contribution < -0.4 is 10.1 Å². The highest BCUT2D eigenvalue weighted by molar-refractivity contribution is 5.91. The van der Waals surface area contributed by atoms with Gasteiger partial charge in [-0.15, -0.1) is 0 Å². The summed E-state index contributed by atoms with van der Waals surface area (Å²) in [5.41, 5.74) is 2.03. The summed E-state index contributed by atoms with van der Waals surface area (Å²) in [5, 5.41) is 2.93. The van der Waals surface area contributed by atoms with E-state index in [2.05, 4.69) is 5.32 Å². The van der Waals surface area contributed by atoms with Crippen LogP contribution in [0.1, 0.15) is 36.8 Å². The molecule has 124 valence electrons. The third kappa shape index (κ3) is 4.72. The van der Waals surface area contributed by atoms with Crippen molar-refractivity contribution in [1.82, 2.24) is 5.32 Å². The van der Waals surface area contributed by atoms with Gasteiger partial charge in [-0.05, 0) is 43.4 Å². The van der Waals surface area contributed by atoms with Gasteiger partial charge in [0.15, 0.2) is 0 Å². The molecule has 2 aromatic carbocycles. The second kappa shape index (κ2) is 8.34. The lowest BCUT2D eigenvalue weighted by molar-refractivity contribution is -0.116. The Bertz CT molecular complexity index is 688. The molecule has 1 fully saturated rings. The fourth-order valence-corrected chi connectivity index (χ4v) is 2.93. The first-order valence-electron chi connectivity index (χ1n) is 8.57. The Labute approximate surface area is 143 Å². The molecular weight excluding hydrogens is 298 g/mol. The van der Waals surface area contributed by atoms with Crippen molar-refractivity contribution >= 4 is 12.0 Å². The number of ether oxygens (including phenoxy) is 1. The molecule has 1 aliphatic carbocycles. The molecule has 0 unspecified atom stereocenters. The van der Waals surface area contributed by atoms with Gasteiger partial charge in [-0.3, -0.25) is 4.79 Å². The molecule has 0 aliphatic heterocycles. The first-order chi connectivity index (χ1) is 11.8. The monoisotopic (exact) mass is 321 g/mol. The number of benzene rings is 2. The van der Waals surface area contributed by atoms with Crippen molar-refractivity contribution in [3.63, 3.8) is 0 Å². The molecular formula is C21H23NO2. The lowest BCUT2D eigenvalue weighted by Gasteiger charge is -2.16. The fourth-order valence-electron chi connectivity index (χ4n) is 2.93. The minimum atomic E-state index is -0.102. The normalized spacial score (nSPS) is 14.8. The van der Waals surface area contributed by atoms with Gasteiger partial charge in [0.05, 0.1) is 6.10 Å². The fraction of sp³-hybridized carbons (Fsp3) is 0.286. The standard InChI is InChI=1S/C21H23NO2/c23-21(15-14-17-8-2-1-3-9-17)22-16-18-10-4-7-13-20(18)24-19-11-5-6-12-19/h1-4,7-10,13-15,19H,5-6,11-12,16H2,(H,22,23). The number of carbonyl (C=O) groups excluding carboxylic acids is 1. The van der Waals surface area contributed by atoms with Crippen LogP contribution in [0.4, 0.5) is 0 Å². The molecule has 1 aliphatic rings. The number of para-hydroxylation sites is 1. The van der Waals surface area contributed by atoms with E-state index in [9.17, 15) is 4.79 Å². The number of rotatable bonds is 6. The zero-order valence-electron chi connectivity index (χ0n) is 13.8. The van der Waals surface area contributed by atoms with E-state index >= 15 is 0 Å². The molecule has 0 atom stereocenters. The summed E-state index contributed by atoms with van der Waals surface area (Å²) >= 11 is 0. The molecule has 3 nitrogen and oxygen atoms in total. The van der Waals surface area contributed by atoms with E-state index in [4.69, 9.17) is 4.74 Å². The number of carbonyl (C=O) groups is 1. The topological polar surface area (TPSA) is 38.3 Å². The molecule has 0 bridgehead atoms. The van der Waals surface area contributed by atoms with E-state index in [1.165, 1.54) is 12.8 Å². The molecule has 24 heavy (non-hydrogen) atoms. The van der Waals surface area contributed by atoms with E-state index in [1.54, 1.807) is 6.08 Å². The molecule has 0 saturated heterocycles. The Hall–Kier alpha value is -2.55. The number of amides is 1. The molecule has 0 radical (unpaired) electrons. The lowest BCUT2D eigenvalue weighted by atomic mass is 10.2. The summed E-state index contributed by atoms with van der Waals surface area (Å²) in [7, 11) is 0. The molecule has 0 spiro atoms. The van der Waals surface area contributed by atoms with Crippen molar-refractivity contribution < 1.29 is 9.53 Å². The highest BCUT2D eigenvalue weighted by atomic mass is 16.5.